The Morgan fingerprint density at radius 2 is 2.00 bits per heavy atom. The van der Waals surface area contributed by atoms with E-state index < -0.39 is 20.6 Å². The first-order valence-corrected chi connectivity index (χ1v) is 13.1. The number of rotatable bonds is 6. The molecule has 1 fully saturated rings. The summed E-state index contributed by atoms with van der Waals surface area (Å²) in [5.41, 5.74) is -0.632. The molecule has 0 aliphatic carbocycles. The van der Waals surface area contributed by atoms with Crippen molar-refractivity contribution in [3.63, 3.8) is 0 Å². The molecule has 0 bridgehead atoms. The fourth-order valence-corrected chi connectivity index (χ4v) is 7.69. The number of carboxylic acids is 1. The molecule has 0 radical (unpaired) electrons. The summed E-state index contributed by atoms with van der Waals surface area (Å²) in [5.74, 6) is -1.44. The molecule has 5 nitrogen and oxygen atoms in total. The molecule has 3 atom stereocenters. The van der Waals surface area contributed by atoms with Crippen molar-refractivity contribution in [2.75, 3.05) is 6.26 Å². The average Bonchev–Trinajstić information content (AvgIpc) is 2.79. The first-order valence-electron chi connectivity index (χ1n) is 8.21. The number of hydrogen-bond acceptors (Lipinski definition) is 5. The third-order valence-electron chi connectivity index (χ3n) is 4.84. The Kier molecular flexibility index (Phi) is 5.55. The van der Waals surface area contributed by atoms with Gasteiger partial charge in [0.15, 0.2) is 14.7 Å². The van der Waals surface area contributed by atoms with Gasteiger partial charge >= 0.3 is 5.97 Å². The van der Waals surface area contributed by atoms with Crippen LogP contribution in [0, 0.1) is 11.3 Å². The highest BCUT2D eigenvalue weighted by Gasteiger charge is 2.66. The molecule has 0 unspecified atom stereocenters. The molecule has 0 aromatic carbocycles. The van der Waals surface area contributed by atoms with E-state index in [9.17, 15) is 14.7 Å². The maximum atomic E-state index is 13.0. The predicted octanol–water partition coefficient (Wildman–Crippen LogP) is 3.33. The number of β-lactam (4-membered cyclic amide) rings is 1. The molecule has 2 rings (SSSR count). The van der Waals surface area contributed by atoms with Gasteiger partial charge in [-0.15, -0.1) is 11.8 Å². The van der Waals surface area contributed by atoms with E-state index in [0.29, 0.717) is 4.24 Å². The normalized spacial score (nSPS) is 26.5. The number of carboxylic acid groups (broad SMARTS) is 1. The highest BCUT2D eigenvalue weighted by Crippen LogP contribution is 2.59. The lowest BCUT2D eigenvalue weighted by molar-refractivity contribution is -0.177. The number of carbonyl (C=O) groups is 2. The fraction of sp³-hybridized carbons (Fsp3) is 0.750. The molecular weight excluding hydrogens is 362 g/mol. The molecular formula is C16H27NO4S2Si. The molecule has 2 aliphatic heterocycles. The summed E-state index contributed by atoms with van der Waals surface area (Å²) in [6.07, 6.45) is 2.59. The minimum atomic E-state index is -1.39. The third kappa shape index (κ3) is 2.85. The number of nitrogens with zero attached hydrogens (tertiary/aromatic N) is 1. The second-order valence-electron chi connectivity index (χ2n) is 7.50. The maximum Gasteiger partial charge on any atom is 0.354 e. The molecule has 8 heteroatoms. The van der Waals surface area contributed by atoms with Crippen LogP contribution in [0.15, 0.2) is 9.93 Å². The number of carbonyl (C=O) groups excluding carboxylic acids is 1. The Morgan fingerprint density at radius 3 is 2.38 bits per heavy atom. The molecule has 0 spiro atoms. The van der Waals surface area contributed by atoms with Crippen molar-refractivity contribution < 1.29 is 19.1 Å². The van der Waals surface area contributed by atoms with Crippen LogP contribution < -0.4 is 0 Å². The first kappa shape index (κ1) is 19.9. The van der Waals surface area contributed by atoms with Gasteiger partial charge in [-0.25, -0.2) is 4.79 Å². The number of hydrogen-bond donors (Lipinski definition) is 1. The van der Waals surface area contributed by atoms with Gasteiger partial charge in [-0.1, -0.05) is 39.5 Å². The Morgan fingerprint density at radius 1 is 1.42 bits per heavy atom. The fourth-order valence-electron chi connectivity index (χ4n) is 3.82. The molecule has 2 aliphatic rings. The number of fused-ring (bicyclic) bond motifs is 1. The Labute approximate surface area is 154 Å². The van der Waals surface area contributed by atoms with Gasteiger partial charge in [-0.05, 0) is 31.2 Å². The van der Waals surface area contributed by atoms with Crippen molar-refractivity contribution in [2.45, 2.75) is 58.2 Å². The molecule has 1 saturated heterocycles. The quantitative estimate of drug-likeness (QED) is 0.555. The second kappa shape index (κ2) is 6.70. The topological polar surface area (TPSA) is 66.8 Å². The summed E-state index contributed by atoms with van der Waals surface area (Å²) in [6.45, 7) is 12.6. The van der Waals surface area contributed by atoms with E-state index in [1.807, 2.05) is 6.26 Å². The van der Waals surface area contributed by atoms with Gasteiger partial charge in [0.1, 0.15) is 5.37 Å². The molecule has 1 amide bonds. The van der Waals surface area contributed by atoms with Gasteiger partial charge in [-0.2, -0.15) is 0 Å². The zero-order chi connectivity index (χ0) is 18.4. The molecule has 24 heavy (non-hydrogen) atoms. The van der Waals surface area contributed by atoms with Crippen LogP contribution in [0.1, 0.15) is 34.1 Å². The zero-order valence-corrected chi connectivity index (χ0v) is 18.2. The van der Waals surface area contributed by atoms with Crippen molar-refractivity contribution in [1.82, 2.24) is 4.90 Å². The van der Waals surface area contributed by atoms with Crippen molar-refractivity contribution >= 4 is 44.4 Å². The SMILES string of the molecule is CC[C@@](O[SiH](C)C)([C@@H]1C(=O)N2C(C(=O)O)=C(SC)S[C@H]12)C(C)(C)C. The Balaban J connectivity index is 2.44. The Bertz CT molecular complexity index is 587. The lowest BCUT2D eigenvalue weighted by Crippen LogP contribution is -2.70. The molecule has 2 heterocycles. The Hall–Kier alpha value is -0.443. The van der Waals surface area contributed by atoms with Gasteiger partial charge in [0.25, 0.3) is 0 Å². The van der Waals surface area contributed by atoms with E-state index in [2.05, 4.69) is 40.8 Å². The van der Waals surface area contributed by atoms with Crippen LogP contribution in [0.4, 0.5) is 0 Å². The number of amides is 1. The van der Waals surface area contributed by atoms with Gasteiger partial charge in [0.2, 0.25) is 5.91 Å². The predicted molar refractivity (Wildman–Crippen MR) is 102 cm³/mol. The van der Waals surface area contributed by atoms with Gasteiger partial charge in [0.05, 0.1) is 15.8 Å². The smallest absolute Gasteiger partial charge is 0.354 e. The van der Waals surface area contributed by atoms with Gasteiger partial charge in [-0.3, -0.25) is 9.69 Å². The van der Waals surface area contributed by atoms with Gasteiger partial charge in [0, 0.05) is 0 Å². The van der Waals surface area contributed by atoms with Crippen molar-refractivity contribution in [2.24, 2.45) is 11.3 Å². The molecule has 0 saturated carbocycles. The lowest BCUT2D eigenvalue weighted by Gasteiger charge is -2.57. The van der Waals surface area contributed by atoms with Crippen LogP contribution in [-0.2, 0) is 14.0 Å². The highest BCUT2D eigenvalue weighted by atomic mass is 32.2. The van der Waals surface area contributed by atoms with E-state index in [-0.39, 0.29) is 28.3 Å². The second-order valence-corrected chi connectivity index (χ2v) is 12.0. The van der Waals surface area contributed by atoms with E-state index in [1.165, 1.54) is 28.4 Å². The maximum absolute atomic E-state index is 13.0. The van der Waals surface area contributed by atoms with Crippen molar-refractivity contribution in [3.8, 4) is 0 Å². The summed E-state index contributed by atoms with van der Waals surface area (Å²) in [7, 11) is -1.39. The van der Waals surface area contributed by atoms with Crippen molar-refractivity contribution in [3.05, 3.63) is 9.93 Å². The standard InChI is InChI=1S/C16H27NO4S2Si/c1-8-16(15(2,3)4,21-24(6)7)9-11(18)17-10(13(19)20)14(22-5)23-12(9)17/h9,12,24H,8H2,1-7H3,(H,19,20)/t9-,12-,16-/m1/s1. The summed E-state index contributed by atoms with van der Waals surface area (Å²) in [6, 6.07) is 0. The summed E-state index contributed by atoms with van der Waals surface area (Å²) in [4.78, 5) is 26.1. The summed E-state index contributed by atoms with van der Waals surface area (Å²) < 4.78 is 7.22. The van der Waals surface area contributed by atoms with E-state index in [0.717, 1.165) is 6.42 Å². The van der Waals surface area contributed by atoms with Crippen molar-refractivity contribution in [1.29, 1.82) is 0 Å². The molecule has 0 aromatic rings. The van der Waals surface area contributed by atoms with Crippen LogP contribution >= 0.6 is 23.5 Å². The largest absolute Gasteiger partial charge is 0.477 e. The summed E-state index contributed by atoms with van der Waals surface area (Å²) >= 11 is 2.89. The first-order chi connectivity index (χ1) is 11.0. The molecule has 1 N–H and O–H groups in total. The highest BCUT2D eigenvalue weighted by molar-refractivity contribution is 8.22. The van der Waals surface area contributed by atoms with Gasteiger partial charge < -0.3 is 9.53 Å². The minimum absolute atomic E-state index is 0.111. The number of aliphatic carboxylic acids is 1. The van der Waals surface area contributed by atoms with E-state index in [4.69, 9.17) is 4.43 Å². The van der Waals surface area contributed by atoms with E-state index >= 15 is 0 Å². The van der Waals surface area contributed by atoms with Crippen LogP contribution in [-0.4, -0.2) is 48.2 Å². The average molecular weight is 390 g/mol. The summed E-state index contributed by atoms with van der Waals surface area (Å²) in [5, 5.41) is 9.33. The van der Waals surface area contributed by atoms with Crippen LogP contribution in [0.3, 0.4) is 0 Å². The lowest BCUT2D eigenvalue weighted by atomic mass is 9.64. The minimum Gasteiger partial charge on any atom is -0.477 e. The van der Waals surface area contributed by atoms with Crippen LogP contribution in [0.5, 0.6) is 0 Å². The number of thioether (sulfide) groups is 2. The molecule has 136 valence electrons. The van der Waals surface area contributed by atoms with Crippen LogP contribution in [0.25, 0.3) is 0 Å². The van der Waals surface area contributed by atoms with E-state index in [1.54, 1.807) is 0 Å². The monoisotopic (exact) mass is 389 g/mol. The molecule has 0 aromatic heterocycles. The van der Waals surface area contributed by atoms with Crippen LogP contribution in [0.2, 0.25) is 13.1 Å². The third-order valence-corrected chi connectivity index (χ3v) is 8.21. The zero-order valence-electron chi connectivity index (χ0n) is 15.4.